The number of ketones is 1. The van der Waals surface area contributed by atoms with E-state index in [1.807, 2.05) is 0 Å². The fourth-order valence-electron chi connectivity index (χ4n) is 1.11. The molecule has 0 radical (unpaired) electrons. The molecule has 0 aliphatic carbocycles. The molecule has 0 aromatic heterocycles. The van der Waals surface area contributed by atoms with Crippen LogP contribution in [-0.2, 0) is 10.0 Å². The van der Waals surface area contributed by atoms with Crippen LogP contribution >= 0.6 is 0 Å². The van der Waals surface area contributed by atoms with Gasteiger partial charge in [-0.05, 0) is 39.8 Å². The lowest BCUT2D eigenvalue weighted by Gasteiger charge is -2.20. The van der Waals surface area contributed by atoms with Gasteiger partial charge in [0, 0.05) is 11.3 Å². The van der Waals surface area contributed by atoms with Crippen molar-refractivity contribution in [2.75, 3.05) is 4.72 Å². The molecule has 0 saturated heterocycles. The van der Waals surface area contributed by atoms with Crippen molar-refractivity contribution in [1.82, 2.24) is 0 Å². The molecule has 0 bridgehead atoms. The summed E-state index contributed by atoms with van der Waals surface area (Å²) in [5, 5.41) is 0. The molecule has 17 heavy (non-hydrogen) atoms. The first-order valence-corrected chi connectivity index (χ1v) is 6.75. The highest BCUT2D eigenvalue weighted by Gasteiger charge is 2.28. The normalized spacial score (nSPS) is 12.2. The van der Waals surface area contributed by atoms with Crippen LogP contribution in [0.3, 0.4) is 0 Å². The number of hydrogen-bond acceptors (Lipinski definition) is 3. The number of rotatable bonds is 3. The third-order valence-electron chi connectivity index (χ3n) is 2.33. The topological polar surface area (TPSA) is 63.2 Å². The Hall–Kier alpha value is -1.36. The maximum atomic E-state index is 11.9. The number of sulfonamides is 1. The fourth-order valence-corrected chi connectivity index (χ4v) is 1.85. The van der Waals surface area contributed by atoms with Gasteiger partial charge in [-0.1, -0.05) is 12.1 Å². The zero-order chi connectivity index (χ0) is 13.3. The molecular weight excluding hydrogens is 238 g/mol. The van der Waals surface area contributed by atoms with Gasteiger partial charge in [0.1, 0.15) is 0 Å². The van der Waals surface area contributed by atoms with Gasteiger partial charge in [0.25, 0.3) is 0 Å². The number of carbonyl (C=O) groups excluding carboxylic acids is 1. The van der Waals surface area contributed by atoms with Gasteiger partial charge in [-0.3, -0.25) is 9.52 Å². The van der Waals surface area contributed by atoms with Crippen LogP contribution in [0.5, 0.6) is 0 Å². The van der Waals surface area contributed by atoms with E-state index in [1.165, 1.54) is 13.0 Å². The summed E-state index contributed by atoms with van der Waals surface area (Å²) < 4.78 is 25.4. The lowest BCUT2D eigenvalue weighted by atomic mass is 10.1. The molecule has 4 nitrogen and oxygen atoms in total. The SMILES string of the molecule is CC(=O)c1cccc(NS(=O)(=O)C(C)(C)C)c1. The van der Waals surface area contributed by atoms with E-state index in [1.54, 1.807) is 39.0 Å². The quantitative estimate of drug-likeness (QED) is 0.844. The number of Topliss-reactive ketones (excluding diaryl/α,β-unsaturated/α-hetero) is 1. The van der Waals surface area contributed by atoms with E-state index in [2.05, 4.69) is 4.72 Å². The molecule has 0 atom stereocenters. The average Bonchev–Trinajstić information content (AvgIpc) is 2.15. The number of hydrogen-bond donors (Lipinski definition) is 1. The highest BCUT2D eigenvalue weighted by atomic mass is 32.2. The molecule has 1 N–H and O–H groups in total. The zero-order valence-corrected chi connectivity index (χ0v) is 11.3. The molecule has 0 amide bonds. The largest absolute Gasteiger partial charge is 0.295 e. The zero-order valence-electron chi connectivity index (χ0n) is 10.4. The van der Waals surface area contributed by atoms with Gasteiger partial charge >= 0.3 is 0 Å². The predicted molar refractivity (Wildman–Crippen MR) is 68.7 cm³/mol. The number of carbonyl (C=O) groups is 1. The minimum atomic E-state index is -3.45. The summed E-state index contributed by atoms with van der Waals surface area (Å²) in [7, 11) is -3.45. The van der Waals surface area contributed by atoms with Crippen molar-refractivity contribution in [3.8, 4) is 0 Å². The van der Waals surface area contributed by atoms with Crippen LogP contribution in [0.25, 0.3) is 0 Å². The molecule has 1 aromatic carbocycles. The highest BCUT2D eigenvalue weighted by Crippen LogP contribution is 2.20. The van der Waals surface area contributed by atoms with E-state index in [0.29, 0.717) is 11.3 Å². The van der Waals surface area contributed by atoms with Crippen molar-refractivity contribution < 1.29 is 13.2 Å². The Balaban J connectivity index is 3.05. The minimum absolute atomic E-state index is 0.0955. The summed E-state index contributed by atoms with van der Waals surface area (Å²) in [4.78, 5) is 11.2. The van der Waals surface area contributed by atoms with Gasteiger partial charge in [0.2, 0.25) is 10.0 Å². The fraction of sp³-hybridized carbons (Fsp3) is 0.417. The summed E-state index contributed by atoms with van der Waals surface area (Å²) >= 11 is 0. The molecular formula is C12H17NO3S. The summed E-state index contributed by atoms with van der Waals surface area (Å²) in [5.41, 5.74) is 0.895. The predicted octanol–water partition coefficient (Wildman–Crippen LogP) is 2.43. The molecule has 0 fully saturated rings. The van der Waals surface area contributed by atoms with Gasteiger partial charge in [0.15, 0.2) is 5.78 Å². The Morgan fingerprint density at radius 1 is 1.24 bits per heavy atom. The second-order valence-corrected chi connectivity index (χ2v) is 7.29. The molecule has 0 heterocycles. The van der Waals surface area contributed by atoms with Gasteiger partial charge < -0.3 is 0 Å². The first kappa shape index (κ1) is 13.7. The van der Waals surface area contributed by atoms with Crippen LogP contribution in [-0.4, -0.2) is 18.9 Å². The first-order valence-electron chi connectivity index (χ1n) is 5.27. The number of benzene rings is 1. The second-order valence-electron chi connectivity index (χ2n) is 4.85. The Kier molecular flexibility index (Phi) is 3.62. The molecule has 0 spiro atoms. The second kappa shape index (κ2) is 4.49. The summed E-state index contributed by atoms with van der Waals surface area (Å²) in [6, 6.07) is 6.45. The molecule has 94 valence electrons. The average molecular weight is 255 g/mol. The lowest BCUT2D eigenvalue weighted by Crippen LogP contribution is -2.33. The summed E-state index contributed by atoms with van der Waals surface area (Å²) in [6.07, 6.45) is 0. The van der Waals surface area contributed by atoms with E-state index in [9.17, 15) is 13.2 Å². The molecule has 0 saturated carbocycles. The molecule has 0 unspecified atom stereocenters. The Labute approximate surface area is 102 Å². The summed E-state index contributed by atoms with van der Waals surface area (Å²) in [5.74, 6) is -0.0955. The molecule has 0 aliphatic rings. The van der Waals surface area contributed by atoms with Crippen molar-refractivity contribution >= 4 is 21.5 Å². The Morgan fingerprint density at radius 3 is 2.29 bits per heavy atom. The van der Waals surface area contributed by atoms with Crippen molar-refractivity contribution in [3.05, 3.63) is 29.8 Å². The van der Waals surface area contributed by atoms with Gasteiger partial charge in [0.05, 0.1) is 4.75 Å². The Bertz CT molecular complexity index is 527. The van der Waals surface area contributed by atoms with Crippen molar-refractivity contribution in [1.29, 1.82) is 0 Å². The van der Waals surface area contributed by atoms with Crippen LogP contribution in [0.1, 0.15) is 38.1 Å². The van der Waals surface area contributed by atoms with E-state index in [-0.39, 0.29) is 5.78 Å². The molecule has 1 aromatic rings. The lowest BCUT2D eigenvalue weighted by molar-refractivity contribution is 0.101. The maximum absolute atomic E-state index is 11.9. The monoisotopic (exact) mass is 255 g/mol. The van der Waals surface area contributed by atoms with Crippen LogP contribution in [0.4, 0.5) is 5.69 Å². The van der Waals surface area contributed by atoms with E-state index in [0.717, 1.165) is 0 Å². The number of nitrogens with one attached hydrogen (secondary N) is 1. The van der Waals surface area contributed by atoms with Gasteiger partial charge in [-0.2, -0.15) is 0 Å². The van der Waals surface area contributed by atoms with Crippen molar-refractivity contribution in [3.63, 3.8) is 0 Å². The van der Waals surface area contributed by atoms with Crippen molar-refractivity contribution in [2.45, 2.75) is 32.4 Å². The van der Waals surface area contributed by atoms with Crippen LogP contribution in [0.15, 0.2) is 24.3 Å². The van der Waals surface area contributed by atoms with Gasteiger partial charge in [-0.15, -0.1) is 0 Å². The summed E-state index contributed by atoms with van der Waals surface area (Å²) in [6.45, 7) is 6.29. The highest BCUT2D eigenvalue weighted by molar-refractivity contribution is 7.94. The third kappa shape index (κ3) is 3.30. The molecule has 5 heteroatoms. The maximum Gasteiger partial charge on any atom is 0.237 e. The van der Waals surface area contributed by atoms with Gasteiger partial charge in [-0.25, -0.2) is 8.42 Å². The molecule has 0 aliphatic heterocycles. The first-order chi connectivity index (χ1) is 7.63. The number of anilines is 1. The van der Waals surface area contributed by atoms with Crippen LogP contribution in [0.2, 0.25) is 0 Å². The van der Waals surface area contributed by atoms with E-state index in [4.69, 9.17) is 0 Å². The van der Waals surface area contributed by atoms with Crippen molar-refractivity contribution in [2.24, 2.45) is 0 Å². The van der Waals surface area contributed by atoms with E-state index >= 15 is 0 Å². The minimum Gasteiger partial charge on any atom is -0.295 e. The van der Waals surface area contributed by atoms with Crippen LogP contribution in [0, 0.1) is 0 Å². The Morgan fingerprint density at radius 2 is 1.82 bits per heavy atom. The third-order valence-corrected chi connectivity index (χ3v) is 4.44. The smallest absolute Gasteiger partial charge is 0.237 e. The standard InChI is InChI=1S/C12H17NO3S/c1-9(14)10-6-5-7-11(8-10)13-17(15,16)12(2,3)4/h5-8,13H,1-4H3. The van der Waals surface area contributed by atoms with E-state index < -0.39 is 14.8 Å². The molecule has 1 rings (SSSR count). The van der Waals surface area contributed by atoms with Crippen LogP contribution < -0.4 is 4.72 Å².